The third-order valence-electron chi connectivity index (χ3n) is 13.7. The fourth-order valence-electron chi connectivity index (χ4n) is 9.13. The molecule has 0 saturated heterocycles. The minimum absolute atomic E-state index is 0.0650. The number of amides is 1. The monoisotopic (exact) mass is 954 g/mol. The van der Waals surface area contributed by atoms with Gasteiger partial charge in [-0.2, -0.15) is 0 Å². The van der Waals surface area contributed by atoms with E-state index in [1.165, 1.54) is 180 Å². The Balaban J connectivity index is 4.58. The van der Waals surface area contributed by atoms with Gasteiger partial charge in [-0.15, -0.1) is 0 Å². The second-order valence-electron chi connectivity index (χ2n) is 20.5. The van der Waals surface area contributed by atoms with E-state index in [1.807, 2.05) is 0 Å². The Morgan fingerprint density at radius 2 is 0.765 bits per heavy atom. The van der Waals surface area contributed by atoms with E-state index in [-0.39, 0.29) is 24.9 Å². The lowest BCUT2D eigenvalue weighted by molar-refractivity contribution is -0.151. The van der Waals surface area contributed by atoms with Crippen molar-refractivity contribution in [1.29, 1.82) is 0 Å². The van der Waals surface area contributed by atoms with E-state index in [0.29, 0.717) is 19.3 Å². The van der Waals surface area contributed by atoms with Gasteiger partial charge in [0.25, 0.3) is 0 Å². The Morgan fingerprint density at radius 3 is 1.16 bits per heavy atom. The van der Waals surface area contributed by atoms with Crippen LogP contribution in [0.1, 0.15) is 310 Å². The van der Waals surface area contributed by atoms with Gasteiger partial charge >= 0.3 is 5.97 Å². The summed E-state index contributed by atoms with van der Waals surface area (Å²) in [6, 6.07) is -0.709. The van der Waals surface area contributed by atoms with Crippen molar-refractivity contribution in [2.24, 2.45) is 0 Å². The van der Waals surface area contributed by atoms with E-state index in [1.54, 1.807) is 0 Å². The molecule has 3 atom stereocenters. The molecule has 1 amide bonds. The van der Waals surface area contributed by atoms with Crippen molar-refractivity contribution in [2.75, 3.05) is 6.61 Å². The Hall–Kier alpha value is -2.18. The van der Waals surface area contributed by atoms with Crippen LogP contribution >= 0.6 is 0 Å². The van der Waals surface area contributed by atoms with E-state index in [0.717, 1.165) is 83.5 Å². The molecule has 3 unspecified atom stereocenters. The van der Waals surface area contributed by atoms with Gasteiger partial charge in [-0.25, -0.2) is 0 Å². The number of hydrogen-bond acceptors (Lipinski definition) is 5. The van der Waals surface area contributed by atoms with Gasteiger partial charge in [0.2, 0.25) is 5.91 Å². The van der Waals surface area contributed by atoms with Crippen LogP contribution in [0.4, 0.5) is 0 Å². The maximum absolute atomic E-state index is 13.3. The number of hydrogen-bond donors (Lipinski definition) is 3. The van der Waals surface area contributed by atoms with E-state index in [4.69, 9.17) is 4.74 Å². The summed E-state index contributed by atoms with van der Waals surface area (Å²) in [4.78, 5) is 26.3. The third kappa shape index (κ3) is 50.2. The first-order valence-corrected chi connectivity index (χ1v) is 29.9. The lowest BCUT2D eigenvalue weighted by atomic mass is 10.0. The van der Waals surface area contributed by atoms with Crippen molar-refractivity contribution in [3.05, 3.63) is 48.6 Å². The van der Waals surface area contributed by atoms with Crippen molar-refractivity contribution >= 4 is 11.9 Å². The summed E-state index contributed by atoms with van der Waals surface area (Å²) < 4.78 is 5.96. The molecule has 0 aromatic rings. The molecule has 0 bridgehead atoms. The second-order valence-corrected chi connectivity index (χ2v) is 20.5. The van der Waals surface area contributed by atoms with Crippen molar-refractivity contribution in [3.63, 3.8) is 0 Å². The molecule has 0 aliphatic rings. The predicted octanol–water partition coefficient (Wildman–Crippen LogP) is 18.6. The van der Waals surface area contributed by atoms with Crippen LogP contribution in [-0.2, 0) is 14.3 Å². The third-order valence-corrected chi connectivity index (χ3v) is 13.7. The van der Waals surface area contributed by atoms with Gasteiger partial charge in [-0.1, -0.05) is 268 Å². The van der Waals surface area contributed by atoms with Gasteiger partial charge in [0, 0.05) is 6.42 Å². The molecule has 0 aliphatic heterocycles. The van der Waals surface area contributed by atoms with Gasteiger partial charge in [0.05, 0.1) is 25.2 Å². The molecule has 6 nitrogen and oxygen atoms in total. The number of aliphatic hydroxyl groups is 2. The summed E-state index contributed by atoms with van der Waals surface area (Å²) in [6.07, 6.45) is 68.9. The summed E-state index contributed by atoms with van der Waals surface area (Å²) in [5.41, 5.74) is 0. The molecular weight excluding hydrogens is 839 g/mol. The molecule has 68 heavy (non-hydrogen) atoms. The lowest BCUT2D eigenvalue weighted by Crippen LogP contribution is -2.46. The standard InChI is InChI=1S/C62H115NO5/c1-4-7-10-13-16-19-22-25-28-30-31-34-37-40-43-46-49-52-55-62(67)68-58(53-50-47-44-41-38-35-32-27-24-21-18-15-12-9-6-3)56-61(66)63-59(57-64)60(65)54-51-48-45-42-39-36-33-29-26-23-20-17-14-11-8-5-2/h22,25,27-28,30-32,34,58-60,64-65H,4-21,23-24,26,29,33,35-57H2,1-3H3,(H,63,66)/b25-22+,30-28+,32-27+,34-31+. The number of allylic oxidation sites excluding steroid dienone is 8. The molecule has 398 valence electrons. The number of aliphatic hydroxyl groups excluding tert-OH is 2. The highest BCUT2D eigenvalue weighted by Crippen LogP contribution is 2.18. The van der Waals surface area contributed by atoms with Gasteiger partial charge < -0.3 is 20.3 Å². The summed E-state index contributed by atoms with van der Waals surface area (Å²) >= 11 is 0. The van der Waals surface area contributed by atoms with E-state index >= 15 is 0 Å². The molecular formula is C62H115NO5. The minimum atomic E-state index is -0.795. The topological polar surface area (TPSA) is 95.9 Å². The molecule has 0 heterocycles. The zero-order valence-electron chi connectivity index (χ0n) is 45.5. The van der Waals surface area contributed by atoms with Crippen LogP contribution in [-0.4, -0.2) is 46.9 Å². The second kappa shape index (κ2) is 55.7. The first-order valence-electron chi connectivity index (χ1n) is 29.9. The van der Waals surface area contributed by atoms with Crippen molar-refractivity contribution in [2.45, 2.75) is 328 Å². The van der Waals surface area contributed by atoms with Crippen molar-refractivity contribution < 1.29 is 24.5 Å². The quantitative estimate of drug-likeness (QED) is 0.0244. The zero-order valence-corrected chi connectivity index (χ0v) is 45.5. The normalized spacial score (nSPS) is 13.4. The number of carbonyl (C=O) groups excluding carboxylic acids is 2. The van der Waals surface area contributed by atoms with Crippen molar-refractivity contribution in [1.82, 2.24) is 5.32 Å². The van der Waals surface area contributed by atoms with Crippen LogP contribution in [0.5, 0.6) is 0 Å². The van der Waals surface area contributed by atoms with Gasteiger partial charge in [0.1, 0.15) is 6.10 Å². The minimum Gasteiger partial charge on any atom is -0.462 e. The average Bonchev–Trinajstić information content (AvgIpc) is 3.33. The molecule has 0 rings (SSSR count). The molecule has 0 spiro atoms. The molecule has 6 heteroatoms. The van der Waals surface area contributed by atoms with Crippen LogP contribution in [0.2, 0.25) is 0 Å². The zero-order chi connectivity index (χ0) is 49.5. The summed E-state index contributed by atoms with van der Waals surface area (Å²) in [5, 5.41) is 23.9. The Bertz CT molecular complexity index is 1160. The molecule has 0 aromatic heterocycles. The van der Waals surface area contributed by atoms with Gasteiger partial charge in [-0.3, -0.25) is 9.59 Å². The highest BCUT2D eigenvalue weighted by molar-refractivity contribution is 5.77. The van der Waals surface area contributed by atoms with Gasteiger partial charge in [-0.05, 0) is 77.0 Å². The number of ether oxygens (including phenoxy) is 1. The Morgan fingerprint density at radius 1 is 0.426 bits per heavy atom. The maximum atomic E-state index is 13.3. The van der Waals surface area contributed by atoms with E-state index in [2.05, 4.69) is 74.7 Å². The van der Waals surface area contributed by atoms with Crippen LogP contribution < -0.4 is 5.32 Å². The highest BCUT2D eigenvalue weighted by atomic mass is 16.5. The first kappa shape index (κ1) is 65.8. The van der Waals surface area contributed by atoms with Crippen LogP contribution in [0.25, 0.3) is 0 Å². The van der Waals surface area contributed by atoms with Crippen LogP contribution in [0.3, 0.4) is 0 Å². The molecule has 0 radical (unpaired) electrons. The number of nitrogens with one attached hydrogen (secondary N) is 1. The summed E-state index contributed by atoms with van der Waals surface area (Å²) in [6.45, 7) is 6.49. The molecule has 0 aliphatic carbocycles. The Labute approximate surface area is 423 Å². The molecule has 0 aromatic carbocycles. The molecule has 0 fully saturated rings. The Kier molecular flexibility index (Phi) is 54.0. The van der Waals surface area contributed by atoms with Crippen LogP contribution in [0, 0.1) is 0 Å². The average molecular weight is 955 g/mol. The fraction of sp³-hybridized carbons (Fsp3) is 0.839. The van der Waals surface area contributed by atoms with Crippen LogP contribution in [0.15, 0.2) is 48.6 Å². The van der Waals surface area contributed by atoms with E-state index < -0.39 is 18.2 Å². The molecule has 3 N–H and O–H groups in total. The SMILES string of the molecule is CCCCCCC/C=C/C=C/C=C/CCCCCCCC(=O)OC(CCCCCCC/C=C/CCCCCCCC)CC(=O)NC(CO)C(O)CCCCCCCCCCCCCCCCCC. The molecule has 0 saturated carbocycles. The fourth-order valence-corrected chi connectivity index (χ4v) is 9.13. The number of unbranched alkanes of at least 4 members (excludes halogenated alkanes) is 36. The number of esters is 1. The lowest BCUT2D eigenvalue weighted by Gasteiger charge is -2.24. The maximum Gasteiger partial charge on any atom is 0.306 e. The smallest absolute Gasteiger partial charge is 0.306 e. The summed E-state index contributed by atoms with van der Waals surface area (Å²) in [5.74, 6) is -0.493. The van der Waals surface area contributed by atoms with E-state index in [9.17, 15) is 19.8 Å². The van der Waals surface area contributed by atoms with Gasteiger partial charge in [0.15, 0.2) is 0 Å². The number of carbonyl (C=O) groups is 2. The summed E-state index contributed by atoms with van der Waals surface area (Å²) in [7, 11) is 0. The predicted molar refractivity (Wildman–Crippen MR) is 296 cm³/mol. The largest absolute Gasteiger partial charge is 0.462 e. The highest BCUT2D eigenvalue weighted by Gasteiger charge is 2.24. The number of rotatable bonds is 54. The first-order chi connectivity index (χ1) is 33.5. The van der Waals surface area contributed by atoms with Crippen molar-refractivity contribution in [3.8, 4) is 0 Å².